The smallest absolute Gasteiger partial charge is 0.188 e. The number of Topliss-reactive ketones (excluding diaryl/α,β-unsaturated/α-hetero) is 1. The van der Waals surface area contributed by atoms with Crippen LogP contribution in [0, 0.1) is 11.3 Å². The van der Waals surface area contributed by atoms with Gasteiger partial charge in [-0.3, -0.25) is 4.79 Å². The second kappa shape index (κ2) is 5.80. The molecule has 18 heavy (non-hydrogen) atoms. The van der Waals surface area contributed by atoms with E-state index in [-0.39, 0.29) is 19.0 Å². The molecule has 1 aromatic heterocycles. The minimum absolute atomic E-state index is 0.00734. The lowest BCUT2D eigenvalue weighted by Gasteiger charge is -2.02. The van der Waals surface area contributed by atoms with E-state index in [4.69, 9.17) is 14.4 Å². The van der Waals surface area contributed by atoms with Crippen molar-refractivity contribution in [3.05, 3.63) is 59.5 Å². The van der Waals surface area contributed by atoms with E-state index in [0.29, 0.717) is 16.9 Å². The zero-order valence-electron chi connectivity index (χ0n) is 9.63. The average molecular weight is 241 g/mol. The number of rotatable bonds is 5. The summed E-state index contributed by atoms with van der Waals surface area (Å²) in [5, 5.41) is 8.64. The minimum Gasteiger partial charge on any atom is -0.467 e. The third-order valence-electron chi connectivity index (χ3n) is 2.39. The summed E-state index contributed by atoms with van der Waals surface area (Å²) in [5.74, 6) is 0.564. The molecule has 0 N–H and O–H groups in total. The van der Waals surface area contributed by atoms with Crippen LogP contribution in [0.15, 0.2) is 47.1 Å². The van der Waals surface area contributed by atoms with Crippen LogP contribution >= 0.6 is 0 Å². The fourth-order valence-corrected chi connectivity index (χ4v) is 1.45. The SMILES string of the molecule is N#Cc1ccc(C(=O)COCc2ccco2)cc1. The van der Waals surface area contributed by atoms with Gasteiger partial charge in [-0.05, 0) is 24.3 Å². The Hall–Kier alpha value is -2.38. The maximum absolute atomic E-state index is 11.7. The van der Waals surface area contributed by atoms with E-state index in [1.165, 1.54) is 0 Å². The first kappa shape index (κ1) is 12.1. The van der Waals surface area contributed by atoms with Crippen molar-refractivity contribution < 1.29 is 13.9 Å². The Morgan fingerprint density at radius 1 is 1.28 bits per heavy atom. The molecule has 0 saturated carbocycles. The van der Waals surface area contributed by atoms with Crippen molar-refractivity contribution in [1.82, 2.24) is 0 Å². The topological polar surface area (TPSA) is 63.2 Å². The zero-order valence-corrected chi connectivity index (χ0v) is 9.63. The molecule has 0 unspecified atom stereocenters. The van der Waals surface area contributed by atoms with Gasteiger partial charge in [0.1, 0.15) is 19.0 Å². The summed E-state index contributed by atoms with van der Waals surface area (Å²) in [5.41, 5.74) is 1.07. The fraction of sp³-hybridized carbons (Fsp3) is 0.143. The Kier molecular flexibility index (Phi) is 3.90. The van der Waals surface area contributed by atoms with Crippen LogP contribution in [0.4, 0.5) is 0 Å². The lowest BCUT2D eigenvalue weighted by Crippen LogP contribution is -2.08. The molecule has 4 heteroatoms. The molecule has 4 nitrogen and oxygen atoms in total. The fourth-order valence-electron chi connectivity index (χ4n) is 1.45. The summed E-state index contributed by atoms with van der Waals surface area (Å²) in [7, 11) is 0. The van der Waals surface area contributed by atoms with Gasteiger partial charge in [0.15, 0.2) is 5.78 Å². The van der Waals surface area contributed by atoms with Crippen LogP contribution in [0.1, 0.15) is 21.7 Å². The first-order chi connectivity index (χ1) is 8.79. The Morgan fingerprint density at radius 2 is 2.06 bits per heavy atom. The highest BCUT2D eigenvalue weighted by molar-refractivity contribution is 5.97. The van der Waals surface area contributed by atoms with Crippen LogP contribution in [0.3, 0.4) is 0 Å². The first-order valence-corrected chi connectivity index (χ1v) is 5.43. The van der Waals surface area contributed by atoms with E-state index in [2.05, 4.69) is 0 Å². The number of nitrogens with zero attached hydrogens (tertiary/aromatic N) is 1. The van der Waals surface area contributed by atoms with Crippen molar-refractivity contribution in [3.63, 3.8) is 0 Å². The Labute approximate surface area is 104 Å². The van der Waals surface area contributed by atoms with Crippen LogP contribution in [-0.2, 0) is 11.3 Å². The summed E-state index contributed by atoms with van der Waals surface area (Å²) in [6.07, 6.45) is 1.56. The maximum atomic E-state index is 11.7. The third-order valence-corrected chi connectivity index (χ3v) is 2.39. The van der Waals surface area contributed by atoms with Gasteiger partial charge >= 0.3 is 0 Å². The standard InChI is InChI=1S/C14H11NO3/c15-8-11-3-5-12(6-4-11)14(16)10-17-9-13-2-1-7-18-13/h1-7H,9-10H2. The molecule has 1 heterocycles. The molecule has 1 aromatic carbocycles. The first-order valence-electron chi connectivity index (χ1n) is 5.43. The van der Waals surface area contributed by atoms with Crippen molar-refractivity contribution in [2.45, 2.75) is 6.61 Å². The van der Waals surface area contributed by atoms with Crippen LogP contribution < -0.4 is 0 Å². The average Bonchev–Trinajstić information content (AvgIpc) is 2.92. The second-order valence-corrected chi connectivity index (χ2v) is 3.68. The summed E-state index contributed by atoms with van der Waals surface area (Å²) >= 11 is 0. The number of hydrogen-bond acceptors (Lipinski definition) is 4. The molecule has 0 aliphatic rings. The summed E-state index contributed by atoms with van der Waals surface area (Å²) in [6.45, 7) is 0.265. The monoisotopic (exact) mass is 241 g/mol. The minimum atomic E-state index is -0.119. The van der Waals surface area contributed by atoms with Gasteiger partial charge in [-0.1, -0.05) is 12.1 Å². The molecule has 0 aliphatic carbocycles. The predicted octanol–water partition coefficient (Wildman–Crippen LogP) is 2.55. The molecule has 0 bridgehead atoms. The van der Waals surface area contributed by atoms with Gasteiger partial charge in [0.05, 0.1) is 17.9 Å². The summed E-state index contributed by atoms with van der Waals surface area (Å²) < 4.78 is 10.3. The van der Waals surface area contributed by atoms with Crippen molar-refractivity contribution in [2.75, 3.05) is 6.61 Å². The number of nitriles is 1. The van der Waals surface area contributed by atoms with E-state index < -0.39 is 0 Å². The number of hydrogen-bond donors (Lipinski definition) is 0. The van der Waals surface area contributed by atoms with E-state index in [9.17, 15) is 4.79 Å². The quantitative estimate of drug-likeness (QED) is 0.754. The number of ketones is 1. The van der Waals surface area contributed by atoms with Gasteiger partial charge in [-0.2, -0.15) is 5.26 Å². The highest BCUT2D eigenvalue weighted by Gasteiger charge is 2.06. The highest BCUT2D eigenvalue weighted by Crippen LogP contribution is 2.06. The normalized spacial score (nSPS) is 9.94. The molecule has 0 aliphatic heterocycles. The molecule has 0 radical (unpaired) electrons. The number of carbonyl (C=O) groups excluding carboxylic acids is 1. The van der Waals surface area contributed by atoms with Gasteiger partial charge in [-0.25, -0.2) is 0 Å². The maximum Gasteiger partial charge on any atom is 0.188 e. The van der Waals surface area contributed by atoms with Crippen molar-refractivity contribution in [3.8, 4) is 6.07 Å². The molecule has 0 saturated heterocycles. The van der Waals surface area contributed by atoms with E-state index in [1.54, 1.807) is 42.7 Å². The van der Waals surface area contributed by atoms with Gasteiger partial charge in [0.2, 0.25) is 0 Å². The Bertz CT molecular complexity index is 550. The molecule has 0 amide bonds. The van der Waals surface area contributed by atoms with Gasteiger partial charge < -0.3 is 9.15 Å². The number of carbonyl (C=O) groups is 1. The summed E-state index contributed by atoms with van der Waals surface area (Å²) in [6, 6.07) is 12.0. The van der Waals surface area contributed by atoms with Crippen molar-refractivity contribution in [1.29, 1.82) is 5.26 Å². The van der Waals surface area contributed by atoms with Gasteiger partial charge in [0.25, 0.3) is 0 Å². The molecule has 2 rings (SSSR count). The van der Waals surface area contributed by atoms with E-state index >= 15 is 0 Å². The number of ether oxygens (including phenoxy) is 1. The number of furan rings is 1. The van der Waals surface area contributed by atoms with Crippen molar-refractivity contribution >= 4 is 5.78 Å². The molecular weight excluding hydrogens is 230 g/mol. The van der Waals surface area contributed by atoms with Crippen LogP contribution in [0.25, 0.3) is 0 Å². The number of benzene rings is 1. The highest BCUT2D eigenvalue weighted by atomic mass is 16.5. The molecule has 90 valence electrons. The van der Waals surface area contributed by atoms with E-state index in [1.807, 2.05) is 6.07 Å². The van der Waals surface area contributed by atoms with Gasteiger partial charge in [0, 0.05) is 5.56 Å². The molecule has 0 fully saturated rings. The van der Waals surface area contributed by atoms with Gasteiger partial charge in [-0.15, -0.1) is 0 Å². The molecule has 0 spiro atoms. The Morgan fingerprint density at radius 3 is 2.67 bits per heavy atom. The molecule has 2 aromatic rings. The molecule has 0 atom stereocenters. The predicted molar refractivity (Wildman–Crippen MR) is 63.9 cm³/mol. The Balaban J connectivity index is 1.86. The summed E-state index contributed by atoms with van der Waals surface area (Å²) in [4.78, 5) is 11.7. The van der Waals surface area contributed by atoms with Crippen molar-refractivity contribution in [2.24, 2.45) is 0 Å². The zero-order chi connectivity index (χ0) is 12.8. The largest absolute Gasteiger partial charge is 0.467 e. The van der Waals surface area contributed by atoms with Crippen LogP contribution in [0.2, 0.25) is 0 Å². The van der Waals surface area contributed by atoms with E-state index in [0.717, 1.165) is 0 Å². The second-order valence-electron chi connectivity index (χ2n) is 3.68. The third kappa shape index (κ3) is 3.06. The lowest BCUT2D eigenvalue weighted by atomic mass is 10.1. The van der Waals surface area contributed by atoms with Crippen LogP contribution in [0.5, 0.6) is 0 Å². The molecular formula is C14H11NO3. The lowest BCUT2D eigenvalue weighted by molar-refractivity contribution is 0.0691. The van der Waals surface area contributed by atoms with Crippen LogP contribution in [-0.4, -0.2) is 12.4 Å².